The fourth-order valence-corrected chi connectivity index (χ4v) is 5.78. The summed E-state index contributed by atoms with van der Waals surface area (Å²) in [5.41, 5.74) is 4.94. The van der Waals surface area contributed by atoms with Crippen LogP contribution in [0, 0.1) is 11.2 Å². The molecular formula is C35H43FN2O3. The Kier molecular flexibility index (Phi) is 8.30. The number of nitrogens with one attached hydrogen (secondary N) is 1. The number of alkyl carbamates (subject to hydrolysis) is 1. The number of aryl methyl sites for hydroxylation is 1. The Morgan fingerprint density at radius 3 is 2.44 bits per heavy atom. The predicted octanol–water partition coefficient (Wildman–Crippen LogP) is 8.60. The quantitative estimate of drug-likeness (QED) is 0.301. The molecule has 2 fully saturated rings. The number of rotatable bonds is 8. The summed E-state index contributed by atoms with van der Waals surface area (Å²) in [6.45, 7) is 11.7. The zero-order valence-electron chi connectivity index (χ0n) is 25.1. The van der Waals surface area contributed by atoms with Crippen LogP contribution in [0.4, 0.5) is 14.9 Å². The normalized spacial score (nSPS) is 16.8. The Morgan fingerprint density at radius 2 is 1.76 bits per heavy atom. The van der Waals surface area contributed by atoms with Crippen LogP contribution in [0.5, 0.6) is 5.75 Å². The molecule has 218 valence electrons. The Bertz CT molecular complexity index is 1380. The number of piperidine rings is 1. The maximum absolute atomic E-state index is 16.1. The number of para-hydroxylation sites is 1. The summed E-state index contributed by atoms with van der Waals surface area (Å²) in [5.74, 6) is 0.540. The van der Waals surface area contributed by atoms with Crippen LogP contribution in [0.1, 0.15) is 83.0 Å². The number of hydrogen-bond donors (Lipinski definition) is 1. The third-order valence-corrected chi connectivity index (χ3v) is 8.41. The van der Waals surface area contributed by atoms with Crippen LogP contribution in [0.2, 0.25) is 0 Å². The number of carbonyl (C=O) groups is 1. The number of benzene rings is 3. The minimum Gasteiger partial charge on any atom is -0.489 e. The van der Waals surface area contributed by atoms with E-state index in [1.807, 2.05) is 36.4 Å². The van der Waals surface area contributed by atoms with E-state index in [9.17, 15) is 4.79 Å². The molecule has 0 radical (unpaired) electrons. The maximum Gasteiger partial charge on any atom is 0.408 e. The SMILES string of the molecule is CCc1ccccc1OCc1cc(-c2cccc(C(C)NC(=O)OC(C)(C)C)c2F)cc(N2CCC3(CC2)CC3)c1. The van der Waals surface area contributed by atoms with Gasteiger partial charge in [-0.3, -0.25) is 0 Å². The summed E-state index contributed by atoms with van der Waals surface area (Å²) in [6.07, 6.45) is 5.45. The third kappa shape index (κ3) is 7.03. The maximum atomic E-state index is 16.1. The lowest BCUT2D eigenvalue weighted by Gasteiger charge is -2.34. The van der Waals surface area contributed by atoms with E-state index in [4.69, 9.17) is 9.47 Å². The molecule has 5 rings (SSSR count). The highest BCUT2D eigenvalue weighted by Gasteiger charge is 2.44. The van der Waals surface area contributed by atoms with E-state index < -0.39 is 17.7 Å². The van der Waals surface area contributed by atoms with Gasteiger partial charge in [-0.05, 0) is 106 Å². The highest BCUT2D eigenvalue weighted by atomic mass is 19.1. The van der Waals surface area contributed by atoms with E-state index in [0.717, 1.165) is 42.1 Å². The number of carbonyl (C=O) groups excluding carboxylic acids is 1. The highest BCUT2D eigenvalue weighted by Crippen LogP contribution is 2.54. The number of nitrogens with zero attached hydrogens (tertiary/aromatic N) is 1. The molecule has 1 aliphatic heterocycles. The fourth-order valence-electron chi connectivity index (χ4n) is 5.78. The van der Waals surface area contributed by atoms with Gasteiger partial charge in [0, 0.05) is 29.9 Å². The number of hydrogen-bond acceptors (Lipinski definition) is 4. The molecule has 1 unspecified atom stereocenters. The van der Waals surface area contributed by atoms with Gasteiger partial charge in [0.1, 0.15) is 23.8 Å². The molecule has 1 N–H and O–H groups in total. The fraction of sp³-hybridized carbons (Fsp3) is 0.457. The van der Waals surface area contributed by atoms with Crippen LogP contribution < -0.4 is 15.0 Å². The van der Waals surface area contributed by atoms with Crippen LogP contribution in [0.3, 0.4) is 0 Å². The lowest BCUT2D eigenvalue weighted by atomic mass is 9.92. The molecule has 0 bridgehead atoms. The van der Waals surface area contributed by atoms with Crippen molar-refractivity contribution in [3.63, 3.8) is 0 Å². The average molecular weight is 559 g/mol. The van der Waals surface area contributed by atoms with Crippen molar-refractivity contribution in [1.29, 1.82) is 0 Å². The highest BCUT2D eigenvalue weighted by molar-refractivity contribution is 5.72. The molecule has 1 saturated carbocycles. The molecule has 0 aromatic heterocycles. The summed E-state index contributed by atoms with van der Waals surface area (Å²) in [7, 11) is 0. The van der Waals surface area contributed by atoms with Gasteiger partial charge in [-0.25, -0.2) is 9.18 Å². The number of halogens is 1. The van der Waals surface area contributed by atoms with E-state index in [2.05, 4.69) is 35.3 Å². The van der Waals surface area contributed by atoms with Gasteiger partial charge in [-0.2, -0.15) is 0 Å². The van der Waals surface area contributed by atoms with Crippen molar-refractivity contribution >= 4 is 11.8 Å². The number of ether oxygens (including phenoxy) is 2. The second-order valence-electron chi connectivity index (χ2n) is 12.7. The zero-order chi connectivity index (χ0) is 29.2. The van der Waals surface area contributed by atoms with E-state index in [1.165, 1.54) is 31.2 Å². The lowest BCUT2D eigenvalue weighted by Crippen LogP contribution is -2.34. The Morgan fingerprint density at radius 1 is 1.02 bits per heavy atom. The molecule has 1 atom stereocenters. The predicted molar refractivity (Wildman–Crippen MR) is 163 cm³/mol. The summed E-state index contributed by atoms with van der Waals surface area (Å²) >= 11 is 0. The first-order chi connectivity index (χ1) is 19.6. The van der Waals surface area contributed by atoms with Gasteiger partial charge in [0.25, 0.3) is 0 Å². The average Bonchev–Trinajstić information content (AvgIpc) is 3.69. The molecule has 41 heavy (non-hydrogen) atoms. The second-order valence-corrected chi connectivity index (χ2v) is 12.7. The van der Waals surface area contributed by atoms with Gasteiger partial charge in [-0.1, -0.05) is 43.3 Å². The van der Waals surface area contributed by atoms with Crippen molar-refractivity contribution in [2.24, 2.45) is 5.41 Å². The van der Waals surface area contributed by atoms with Crippen molar-refractivity contribution < 1.29 is 18.7 Å². The van der Waals surface area contributed by atoms with Gasteiger partial charge in [0.15, 0.2) is 0 Å². The molecule has 3 aromatic rings. The molecule has 1 aliphatic carbocycles. The molecule has 1 amide bonds. The lowest BCUT2D eigenvalue weighted by molar-refractivity contribution is 0.0507. The van der Waals surface area contributed by atoms with Crippen molar-refractivity contribution in [2.75, 3.05) is 18.0 Å². The third-order valence-electron chi connectivity index (χ3n) is 8.41. The summed E-state index contributed by atoms with van der Waals surface area (Å²) in [4.78, 5) is 14.8. The van der Waals surface area contributed by atoms with Gasteiger partial charge < -0.3 is 19.7 Å². The van der Waals surface area contributed by atoms with E-state index in [-0.39, 0.29) is 5.82 Å². The first-order valence-corrected chi connectivity index (χ1v) is 14.9. The Labute approximate surface area is 244 Å². The van der Waals surface area contributed by atoms with Crippen molar-refractivity contribution in [3.05, 3.63) is 83.2 Å². The molecule has 1 saturated heterocycles. The van der Waals surface area contributed by atoms with Crippen LogP contribution >= 0.6 is 0 Å². The molecule has 5 nitrogen and oxygen atoms in total. The summed E-state index contributed by atoms with van der Waals surface area (Å²) in [5, 5.41) is 2.78. The van der Waals surface area contributed by atoms with Gasteiger partial charge in [-0.15, -0.1) is 0 Å². The van der Waals surface area contributed by atoms with Crippen molar-refractivity contribution in [3.8, 4) is 16.9 Å². The molecule has 1 spiro atoms. The number of anilines is 1. The standard InChI is InChI=1S/C35H43FN2O3/c1-6-26-10-7-8-13-31(26)40-23-25-20-27(22-28(21-25)38-18-16-35(14-15-35)17-19-38)30-12-9-11-29(32(30)36)24(2)37-33(39)41-34(3,4)5/h7-13,20-22,24H,6,14-19,23H2,1-5H3,(H,37,39). The van der Waals surface area contributed by atoms with Gasteiger partial charge >= 0.3 is 6.09 Å². The minimum atomic E-state index is -0.631. The minimum absolute atomic E-state index is 0.341. The van der Waals surface area contributed by atoms with Crippen LogP contribution in [0.25, 0.3) is 11.1 Å². The largest absolute Gasteiger partial charge is 0.489 e. The topological polar surface area (TPSA) is 50.8 Å². The molecule has 3 aromatic carbocycles. The first-order valence-electron chi connectivity index (χ1n) is 14.9. The molecule has 1 heterocycles. The van der Waals surface area contributed by atoms with Crippen LogP contribution in [0.15, 0.2) is 60.7 Å². The van der Waals surface area contributed by atoms with Crippen LogP contribution in [-0.4, -0.2) is 24.8 Å². The first kappa shape index (κ1) is 29.0. The van der Waals surface area contributed by atoms with E-state index >= 15 is 4.39 Å². The van der Waals surface area contributed by atoms with E-state index in [0.29, 0.717) is 23.1 Å². The number of amides is 1. The summed E-state index contributed by atoms with van der Waals surface area (Å²) < 4.78 is 27.8. The summed E-state index contributed by atoms with van der Waals surface area (Å²) in [6, 6.07) is 19.3. The van der Waals surface area contributed by atoms with Crippen molar-refractivity contribution in [2.45, 2.75) is 85.0 Å². The smallest absolute Gasteiger partial charge is 0.408 e. The second kappa shape index (κ2) is 11.8. The Hall–Kier alpha value is -3.54. The molecule has 6 heteroatoms. The van der Waals surface area contributed by atoms with Crippen molar-refractivity contribution in [1.82, 2.24) is 5.32 Å². The van der Waals surface area contributed by atoms with E-state index in [1.54, 1.807) is 33.8 Å². The Balaban J connectivity index is 1.44. The van der Waals surface area contributed by atoms with Gasteiger partial charge in [0.05, 0.1) is 6.04 Å². The van der Waals surface area contributed by atoms with Gasteiger partial charge in [0.2, 0.25) is 0 Å². The zero-order valence-corrected chi connectivity index (χ0v) is 25.1. The molecular weight excluding hydrogens is 515 g/mol. The molecule has 2 aliphatic rings. The van der Waals surface area contributed by atoms with Crippen LogP contribution in [-0.2, 0) is 17.8 Å². The monoisotopic (exact) mass is 558 g/mol.